The lowest BCUT2D eigenvalue weighted by Crippen LogP contribution is -2.59. The van der Waals surface area contributed by atoms with Crippen molar-refractivity contribution in [3.8, 4) is 28.8 Å². The molecule has 4 heterocycles. The summed E-state index contributed by atoms with van der Waals surface area (Å²) in [6.07, 6.45) is 3.65. The highest BCUT2D eigenvalue weighted by Crippen LogP contribution is 2.41. The van der Waals surface area contributed by atoms with Gasteiger partial charge in [-0.1, -0.05) is 19.6 Å². The standard InChI is InChI=1S/C33H47FN6O5Si/c1-33(2,3)45-32(41)40-22-9-13-26(40)30(34)27(19-22)39(5)29-14-12-25(36-37-29)24-11-10-23(44-31-35-15-16-38(31)4)20-28(24)43-21-42-17-18-46(6,7)8/h10-12,14-16,20,22,26-27,30H,9,13,17-19,21H2,1-8H3/t22-,26+,27-,30+/m0/s1. The molecule has 250 valence electrons. The molecule has 2 bridgehead atoms. The molecule has 4 atom stereocenters. The Labute approximate surface area is 272 Å². The number of amides is 1. The normalized spacial score (nSPS) is 21.3. The van der Waals surface area contributed by atoms with E-state index in [4.69, 9.17) is 18.9 Å². The van der Waals surface area contributed by atoms with E-state index in [-0.39, 0.29) is 12.8 Å². The number of alkyl halides is 1. The topological polar surface area (TPSA) is 104 Å². The number of hydrogen-bond donors (Lipinski definition) is 0. The minimum absolute atomic E-state index is 0.0781. The lowest BCUT2D eigenvalue weighted by atomic mass is 9.94. The van der Waals surface area contributed by atoms with Crippen molar-refractivity contribution in [1.29, 1.82) is 0 Å². The number of carbonyl (C=O) groups is 1. The van der Waals surface area contributed by atoms with Crippen molar-refractivity contribution in [2.75, 3.05) is 25.3 Å². The Morgan fingerprint density at radius 1 is 1.13 bits per heavy atom. The van der Waals surface area contributed by atoms with Crippen LogP contribution in [0.2, 0.25) is 25.7 Å². The van der Waals surface area contributed by atoms with E-state index < -0.39 is 38.0 Å². The second kappa shape index (κ2) is 13.6. The number of anilines is 1. The van der Waals surface area contributed by atoms with Gasteiger partial charge in [0.2, 0.25) is 0 Å². The predicted octanol–water partition coefficient (Wildman–Crippen LogP) is 6.68. The number of aromatic nitrogens is 4. The Hall–Kier alpha value is -3.71. The zero-order valence-corrected chi connectivity index (χ0v) is 29.2. The van der Waals surface area contributed by atoms with Crippen LogP contribution in [0.25, 0.3) is 11.3 Å². The van der Waals surface area contributed by atoms with Crippen molar-refractivity contribution in [1.82, 2.24) is 24.6 Å². The van der Waals surface area contributed by atoms with Crippen molar-refractivity contribution in [3.63, 3.8) is 0 Å². The maximum Gasteiger partial charge on any atom is 0.410 e. The van der Waals surface area contributed by atoms with E-state index in [1.807, 2.05) is 70.2 Å². The van der Waals surface area contributed by atoms with E-state index in [2.05, 4.69) is 34.8 Å². The number of benzene rings is 1. The zero-order valence-electron chi connectivity index (χ0n) is 28.2. The highest BCUT2D eigenvalue weighted by Gasteiger charge is 2.52. The summed E-state index contributed by atoms with van der Waals surface area (Å²) in [5, 5.41) is 9.00. The molecular formula is C33H47FN6O5Si. The van der Waals surface area contributed by atoms with Gasteiger partial charge >= 0.3 is 12.1 Å². The molecule has 46 heavy (non-hydrogen) atoms. The molecule has 2 aliphatic rings. The fourth-order valence-corrected chi connectivity index (χ4v) is 6.67. The highest BCUT2D eigenvalue weighted by molar-refractivity contribution is 6.76. The number of imidazole rings is 1. The van der Waals surface area contributed by atoms with Gasteiger partial charge in [0.25, 0.3) is 0 Å². The van der Waals surface area contributed by atoms with Crippen molar-refractivity contribution in [2.45, 2.75) is 95.6 Å². The van der Waals surface area contributed by atoms with Crippen molar-refractivity contribution < 1.29 is 28.1 Å². The van der Waals surface area contributed by atoms with E-state index in [0.29, 0.717) is 48.5 Å². The van der Waals surface area contributed by atoms with Crippen LogP contribution in [-0.2, 0) is 16.5 Å². The highest BCUT2D eigenvalue weighted by atomic mass is 28.3. The average molecular weight is 655 g/mol. The quantitative estimate of drug-likeness (QED) is 0.127. The Morgan fingerprint density at radius 3 is 2.57 bits per heavy atom. The van der Waals surface area contributed by atoms with Gasteiger partial charge in [0.1, 0.15) is 23.3 Å². The number of ether oxygens (including phenoxy) is 4. The second-order valence-corrected chi connectivity index (χ2v) is 20.0. The second-order valence-electron chi connectivity index (χ2n) is 14.4. The predicted molar refractivity (Wildman–Crippen MR) is 177 cm³/mol. The van der Waals surface area contributed by atoms with Crippen LogP contribution in [0.4, 0.5) is 15.0 Å². The smallest absolute Gasteiger partial charge is 0.410 e. The molecule has 13 heteroatoms. The molecule has 2 aliphatic heterocycles. The van der Waals surface area contributed by atoms with E-state index in [1.54, 1.807) is 21.7 Å². The molecule has 2 aromatic heterocycles. The SMILES string of the molecule is CN(c1ccc(-c2ccc(Oc3nccn3C)cc2OCOCC[Si](C)(C)C)nn1)[C@H]1C[C@@H]2CC[C@H]([C@H]1F)N2C(=O)OC(C)(C)C. The van der Waals surface area contributed by atoms with Crippen LogP contribution >= 0.6 is 0 Å². The summed E-state index contributed by atoms with van der Waals surface area (Å²) in [6.45, 7) is 13.1. The van der Waals surface area contributed by atoms with Gasteiger partial charge in [-0.05, 0) is 70.3 Å². The van der Waals surface area contributed by atoms with Gasteiger partial charge in [0, 0.05) is 58.8 Å². The third kappa shape index (κ3) is 7.98. The molecule has 5 rings (SSSR count). The van der Waals surface area contributed by atoms with Crippen molar-refractivity contribution in [2.24, 2.45) is 7.05 Å². The number of halogens is 1. The summed E-state index contributed by atoms with van der Waals surface area (Å²) >= 11 is 0. The Balaban J connectivity index is 1.30. The molecule has 1 amide bonds. The maximum atomic E-state index is 16.0. The van der Waals surface area contributed by atoms with E-state index >= 15 is 4.39 Å². The number of piperidine rings is 1. The number of rotatable bonds is 11. The first kappa shape index (κ1) is 33.6. The fourth-order valence-electron chi connectivity index (χ4n) is 5.91. The number of nitrogens with zero attached hydrogens (tertiary/aromatic N) is 6. The first-order chi connectivity index (χ1) is 21.7. The van der Waals surface area contributed by atoms with Gasteiger partial charge in [0.05, 0.1) is 17.8 Å². The number of aryl methyl sites for hydroxylation is 1. The van der Waals surface area contributed by atoms with E-state index in [1.165, 1.54) is 0 Å². The van der Waals surface area contributed by atoms with Gasteiger partial charge in [-0.15, -0.1) is 10.2 Å². The largest absolute Gasteiger partial charge is 0.467 e. The molecule has 11 nitrogen and oxygen atoms in total. The molecule has 2 saturated heterocycles. The van der Waals surface area contributed by atoms with Crippen LogP contribution in [0.15, 0.2) is 42.7 Å². The van der Waals surface area contributed by atoms with Crippen LogP contribution in [0, 0.1) is 0 Å². The monoisotopic (exact) mass is 654 g/mol. The summed E-state index contributed by atoms with van der Waals surface area (Å²) in [5.41, 5.74) is 0.676. The molecular weight excluding hydrogens is 607 g/mol. The zero-order chi connectivity index (χ0) is 33.2. The fraction of sp³-hybridized carbons (Fsp3) is 0.576. The third-order valence-electron chi connectivity index (χ3n) is 8.42. The van der Waals surface area contributed by atoms with Gasteiger partial charge < -0.3 is 28.4 Å². The number of carbonyl (C=O) groups excluding carboxylic acids is 1. The van der Waals surface area contributed by atoms with Crippen LogP contribution in [-0.4, -0.2) is 89.2 Å². The van der Waals surface area contributed by atoms with Crippen molar-refractivity contribution >= 4 is 20.0 Å². The minimum atomic E-state index is -1.25. The van der Waals surface area contributed by atoms with E-state index in [9.17, 15) is 4.79 Å². The van der Waals surface area contributed by atoms with Gasteiger partial charge in [-0.2, -0.15) is 0 Å². The third-order valence-corrected chi connectivity index (χ3v) is 10.1. The molecule has 0 aliphatic carbocycles. The summed E-state index contributed by atoms with van der Waals surface area (Å²) in [7, 11) is 2.46. The maximum absolute atomic E-state index is 16.0. The molecule has 0 N–H and O–H groups in total. The lowest BCUT2D eigenvalue weighted by molar-refractivity contribution is -0.0104. The summed E-state index contributed by atoms with van der Waals surface area (Å²) in [4.78, 5) is 20.6. The molecule has 0 saturated carbocycles. The van der Waals surface area contributed by atoms with Gasteiger partial charge in [-0.3, -0.25) is 4.90 Å². The summed E-state index contributed by atoms with van der Waals surface area (Å²) in [6, 6.07) is 9.62. The molecule has 1 aromatic carbocycles. The van der Waals surface area contributed by atoms with Crippen LogP contribution in [0.5, 0.6) is 17.5 Å². The first-order valence-electron chi connectivity index (χ1n) is 15.9. The molecule has 3 aromatic rings. The van der Waals surface area contributed by atoms with Crippen LogP contribution < -0.4 is 14.4 Å². The minimum Gasteiger partial charge on any atom is -0.467 e. The summed E-state index contributed by atoms with van der Waals surface area (Å²) < 4.78 is 41.2. The van der Waals surface area contributed by atoms with Crippen molar-refractivity contribution in [3.05, 3.63) is 42.7 Å². The average Bonchev–Trinajstić information content (AvgIpc) is 3.55. The number of hydrogen-bond acceptors (Lipinski definition) is 9. The van der Waals surface area contributed by atoms with Gasteiger partial charge in [-0.25, -0.2) is 14.2 Å². The molecule has 0 unspecified atom stereocenters. The number of fused-ring (bicyclic) bond motifs is 2. The van der Waals surface area contributed by atoms with Gasteiger partial charge in [0.15, 0.2) is 12.6 Å². The lowest BCUT2D eigenvalue weighted by Gasteiger charge is -2.44. The van der Waals surface area contributed by atoms with E-state index in [0.717, 1.165) is 18.0 Å². The molecule has 0 radical (unpaired) electrons. The Morgan fingerprint density at radius 2 is 1.91 bits per heavy atom. The molecule has 0 spiro atoms. The Bertz CT molecular complexity index is 1490. The van der Waals surface area contributed by atoms with Crippen LogP contribution in [0.1, 0.15) is 40.0 Å². The Kier molecular flexibility index (Phi) is 9.92. The van der Waals surface area contributed by atoms with Crippen LogP contribution in [0.3, 0.4) is 0 Å². The first-order valence-corrected chi connectivity index (χ1v) is 19.6. The summed E-state index contributed by atoms with van der Waals surface area (Å²) in [5.74, 6) is 1.64. The molecule has 2 fully saturated rings.